The van der Waals surface area contributed by atoms with Crippen molar-refractivity contribution in [3.63, 3.8) is 0 Å². The van der Waals surface area contributed by atoms with Gasteiger partial charge in [-0.25, -0.2) is 8.42 Å². The SMILES string of the molecule is O=S1(=O)CC[C@H](N(Cc2ccccc2)Cc2ccnc3ccccc23)C1. The Bertz CT molecular complexity index is 997. The van der Waals surface area contributed by atoms with Crippen LogP contribution in [-0.2, 0) is 22.9 Å². The van der Waals surface area contributed by atoms with Gasteiger partial charge in [-0.1, -0.05) is 48.5 Å². The van der Waals surface area contributed by atoms with Crippen LogP contribution in [0.2, 0.25) is 0 Å². The summed E-state index contributed by atoms with van der Waals surface area (Å²) in [4.78, 5) is 6.75. The molecule has 2 aromatic carbocycles. The Balaban J connectivity index is 1.66. The van der Waals surface area contributed by atoms with Crippen LogP contribution < -0.4 is 0 Å². The van der Waals surface area contributed by atoms with E-state index in [2.05, 4.69) is 28.1 Å². The molecule has 0 saturated carbocycles. The van der Waals surface area contributed by atoms with Crippen LogP contribution in [0, 0.1) is 0 Å². The first kappa shape index (κ1) is 17.2. The predicted octanol–water partition coefficient (Wildman–Crippen LogP) is 3.42. The van der Waals surface area contributed by atoms with Gasteiger partial charge in [0, 0.05) is 30.7 Å². The summed E-state index contributed by atoms with van der Waals surface area (Å²) >= 11 is 0. The lowest BCUT2D eigenvalue weighted by molar-refractivity contribution is 0.195. The Labute approximate surface area is 154 Å². The molecule has 26 heavy (non-hydrogen) atoms. The summed E-state index contributed by atoms with van der Waals surface area (Å²) in [5.74, 6) is 0.545. The maximum absolute atomic E-state index is 12.0. The number of fused-ring (bicyclic) bond motifs is 1. The minimum atomic E-state index is -2.92. The molecule has 2 heterocycles. The number of hydrogen-bond donors (Lipinski definition) is 0. The van der Waals surface area contributed by atoms with E-state index in [4.69, 9.17) is 0 Å². The Hall–Kier alpha value is -2.24. The third kappa shape index (κ3) is 3.79. The van der Waals surface area contributed by atoms with E-state index in [0.29, 0.717) is 12.2 Å². The fraction of sp³-hybridized carbons (Fsp3) is 0.286. The molecule has 0 amide bonds. The molecular weight excluding hydrogens is 344 g/mol. The summed E-state index contributed by atoms with van der Waals surface area (Å²) in [6.07, 6.45) is 2.54. The quantitative estimate of drug-likeness (QED) is 0.694. The fourth-order valence-electron chi connectivity index (χ4n) is 3.71. The van der Waals surface area contributed by atoms with Crippen LogP contribution >= 0.6 is 0 Å². The van der Waals surface area contributed by atoms with E-state index in [9.17, 15) is 8.42 Å². The van der Waals surface area contributed by atoms with Gasteiger partial charge in [0.25, 0.3) is 0 Å². The second-order valence-corrected chi connectivity index (χ2v) is 9.16. The molecule has 0 spiro atoms. The van der Waals surface area contributed by atoms with Gasteiger partial charge in [0.2, 0.25) is 0 Å². The van der Waals surface area contributed by atoms with Gasteiger partial charge in [0.05, 0.1) is 17.0 Å². The molecule has 4 rings (SSSR count). The van der Waals surface area contributed by atoms with Crippen molar-refractivity contribution >= 4 is 20.7 Å². The molecule has 1 atom stereocenters. The fourth-order valence-corrected chi connectivity index (χ4v) is 5.47. The lowest BCUT2D eigenvalue weighted by Crippen LogP contribution is -2.35. The molecule has 1 aliphatic rings. The lowest BCUT2D eigenvalue weighted by Gasteiger charge is -2.28. The van der Waals surface area contributed by atoms with Gasteiger partial charge in [0.1, 0.15) is 0 Å². The third-order valence-electron chi connectivity index (χ3n) is 5.07. The first-order valence-electron chi connectivity index (χ1n) is 8.92. The van der Waals surface area contributed by atoms with Gasteiger partial charge in [-0.05, 0) is 29.7 Å². The molecule has 0 aliphatic carbocycles. The zero-order valence-corrected chi connectivity index (χ0v) is 15.4. The Kier molecular flexibility index (Phi) is 4.74. The molecule has 5 heteroatoms. The Morgan fingerprint density at radius 1 is 0.962 bits per heavy atom. The minimum absolute atomic E-state index is 0.0622. The number of benzene rings is 2. The van der Waals surface area contributed by atoms with Crippen LogP contribution in [-0.4, -0.2) is 35.8 Å². The summed E-state index contributed by atoms with van der Waals surface area (Å²) in [6.45, 7) is 1.47. The maximum Gasteiger partial charge on any atom is 0.151 e. The standard InChI is InChI=1S/C21H22N2O2S/c24-26(25)13-11-19(16-26)23(14-17-6-2-1-3-7-17)15-18-10-12-22-21-9-5-4-8-20(18)21/h1-10,12,19H,11,13-16H2/t19-/m0/s1. The third-order valence-corrected chi connectivity index (χ3v) is 6.82. The van der Waals surface area contributed by atoms with Crippen molar-refractivity contribution in [3.05, 3.63) is 78.0 Å². The number of sulfone groups is 1. The molecule has 0 radical (unpaired) electrons. The smallest absolute Gasteiger partial charge is 0.151 e. The van der Waals surface area contributed by atoms with Crippen molar-refractivity contribution in [3.8, 4) is 0 Å². The van der Waals surface area contributed by atoms with E-state index in [1.54, 1.807) is 0 Å². The van der Waals surface area contributed by atoms with Gasteiger partial charge in [0.15, 0.2) is 9.84 Å². The van der Waals surface area contributed by atoms with E-state index >= 15 is 0 Å². The molecule has 134 valence electrons. The highest BCUT2D eigenvalue weighted by molar-refractivity contribution is 7.91. The number of hydrogen-bond acceptors (Lipinski definition) is 4. The largest absolute Gasteiger partial charge is 0.291 e. The van der Waals surface area contributed by atoms with Gasteiger partial charge >= 0.3 is 0 Å². The number of aromatic nitrogens is 1. The highest BCUT2D eigenvalue weighted by atomic mass is 32.2. The second-order valence-electron chi connectivity index (χ2n) is 6.93. The van der Waals surface area contributed by atoms with Crippen molar-refractivity contribution in [2.24, 2.45) is 0 Å². The van der Waals surface area contributed by atoms with Crippen molar-refractivity contribution in [1.82, 2.24) is 9.88 Å². The molecule has 1 fully saturated rings. The topological polar surface area (TPSA) is 50.3 Å². The maximum atomic E-state index is 12.0. The minimum Gasteiger partial charge on any atom is -0.291 e. The van der Waals surface area contributed by atoms with Gasteiger partial charge < -0.3 is 0 Å². The second kappa shape index (κ2) is 7.17. The zero-order chi connectivity index (χ0) is 18.0. The van der Waals surface area contributed by atoms with E-state index in [1.165, 1.54) is 11.1 Å². The molecule has 0 unspecified atom stereocenters. The van der Waals surface area contributed by atoms with Crippen LogP contribution in [0.15, 0.2) is 66.9 Å². The van der Waals surface area contributed by atoms with E-state index < -0.39 is 9.84 Å². The number of nitrogens with zero attached hydrogens (tertiary/aromatic N) is 2. The van der Waals surface area contributed by atoms with Gasteiger partial charge in [-0.3, -0.25) is 9.88 Å². The number of rotatable bonds is 5. The molecule has 1 aromatic heterocycles. The van der Waals surface area contributed by atoms with Gasteiger partial charge in [-0.2, -0.15) is 0 Å². The first-order chi connectivity index (χ1) is 12.6. The number of pyridine rings is 1. The molecule has 1 aliphatic heterocycles. The van der Waals surface area contributed by atoms with Crippen molar-refractivity contribution in [2.75, 3.05) is 11.5 Å². The monoisotopic (exact) mass is 366 g/mol. The van der Waals surface area contributed by atoms with Crippen LogP contribution in [0.4, 0.5) is 0 Å². The molecule has 0 bridgehead atoms. The number of para-hydroxylation sites is 1. The van der Waals surface area contributed by atoms with Crippen LogP contribution in [0.1, 0.15) is 17.5 Å². The van der Waals surface area contributed by atoms with Crippen LogP contribution in [0.25, 0.3) is 10.9 Å². The van der Waals surface area contributed by atoms with E-state index in [0.717, 1.165) is 24.0 Å². The summed E-state index contributed by atoms with van der Waals surface area (Å²) in [5, 5.41) is 1.13. The molecule has 4 nitrogen and oxygen atoms in total. The van der Waals surface area contributed by atoms with E-state index in [1.807, 2.05) is 48.7 Å². The van der Waals surface area contributed by atoms with Crippen molar-refractivity contribution in [1.29, 1.82) is 0 Å². The van der Waals surface area contributed by atoms with Crippen molar-refractivity contribution < 1.29 is 8.42 Å². The lowest BCUT2D eigenvalue weighted by atomic mass is 10.1. The molecule has 0 N–H and O–H groups in total. The predicted molar refractivity (Wildman–Crippen MR) is 104 cm³/mol. The highest BCUT2D eigenvalue weighted by Gasteiger charge is 2.32. The summed E-state index contributed by atoms with van der Waals surface area (Å²) in [7, 11) is -2.92. The van der Waals surface area contributed by atoms with E-state index in [-0.39, 0.29) is 11.8 Å². The van der Waals surface area contributed by atoms with Crippen molar-refractivity contribution in [2.45, 2.75) is 25.6 Å². The summed E-state index contributed by atoms with van der Waals surface area (Å²) in [6, 6.07) is 20.5. The highest BCUT2D eigenvalue weighted by Crippen LogP contribution is 2.25. The van der Waals surface area contributed by atoms with Crippen LogP contribution in [0.3, 0.4) is 0 Å². The van der Waals surface area contributed by atoms with Crippen LogP contribution in [0.5, 0.6) is 0 Å². The summed E-state index contributed by atoms with van der Waals surface area (Å²) in [5.41, 5.74) is 3.37. The Morgan fingerprint density at radius 3 is 2.50 bits per heavy atom. The average molecular weight is 366 g/mol. The normalized spacial score (nSPS) is 19.2. The summed E-state index contributed by atoms with van der Waals surface area (Å²) < 4.78 is 24.1. The first-order valence-corrected chi connectivity index (χ1v) is 10.7. The zero-order valence-electron chi connectivity index (χ0n) is 14.6. The molecular formula is C21H22N2O2S. The molecule has 3 aromatic rings. The molecule has 1 saturated heterocycles. The van der Waals surface area contributed by atoms with Gasteiger partial charge in [-0.15, -0.1) is 0 Å². The Morgan fingerprint density at radius 2 is 1.73 bits per heavy atom. The average Bonchev–Trinajstić information content (AvgIpc) is 3.02.